The number of ether oxygens (including phenoxy) is 1. The van der Waals surface area contributed by atoms with Crippen LogP contribution in [0.3, 0.4) is 0 Å². The highest BCUT2D eigenvalue weighted by Gasteiger charge is 2.31. The molecule has 1 fully saturated rings. The molecule has 1 aromatic carbocycles. The molecule has 1 aromatic rings. The van der Waals surface area contributed by atoms with Gasteiger partial charge in [-0.2, -0.15) is 0 Å². The number of benzene rings is 1. The highest BCUT2D eigenvalue weighted by Crippen LogP contribution is 2.24. The molecule has 1 saturated heterocycles. The fraction of sp³-hybridized carbons (Fsp3) is 0.625. The Kier molecular flexibility index (Phi) is 4.29. The maximum atomic E-state index is 10.5. The minimum absolute atomic E-state index is 0.00189. The zero-order valence-corrected chi connectivity index (χ0v) is 12.4. The SMILES string of the molecule is Cc1cc(C)cc(C(O)CN2CCOCC2(C)C)c1. The van der Waals surface area contributed by atoms with E-state index in [1.807, 2.05) is 0 Å². The molecule has 0 saturated carbocycles. The van der Waals surface area contributed by atoms with Gasteiger partial charge in [-0.05, 0) is 33.3 Å². The van der Waals surface area contributed by atoms with Crippen LogP contribution in [-0.4, -0.2) is 41.8 Å². The van der Waals surface area contributed by atoms with Gasteiger partial charge < -0.3 is 9.84 Å². The predicted molar refractivity (Wildman–Crippen MR) is 77.3 cm³/mol. The van der Waals surface area contributed by atoms with E-state index >= 15 is 0 Å². The molecule has 3 heteroatoms. The molecule has 0 spiro atoms. The molecule has 1 heterocycles. The van der Waals surface area contributed by atoms with Gasteiger partial charge >= 0.3 is 0 Å². The first-order valence-electron chi connectivity index (χ1n) is 6.97. The van der Waals surface area contributed by atoms with Crippen molar-refractivity contribution >= 4 is 0 Å². The van der Waals surface area contributed by atoms with Crippen LogP contribution in [0.25, 0.3) is 0 Å². The minimum Gasteiger partial charge on any atom is -0.387 e. The van der Waals surface area contributed by atoms with Crippen LogP contribution < -0.4 is 0 Å². The molecule has 1 aliphatic heterocycles. The van der Waals surface area contributed by atoms with E-state index in [9.17, 15) is 5.11 Å². The van der Waals surface area contributed by atoms with E-state index in [0.29, 0.717) is 6.54 Å². The lowest BCUT2D eigenvalue weighted by Crippen LogP contribution is -2.54. The second kappa shape index (κ2) is 5.61. The van der Waals surface area contributed by atoms with Crippen LogP contribution in [0.4, 0.5) is 0 Å². The molecular weight excluding hydrogens is 238 g/mol. The number of aryl methyl sites for hydroxylation is 2. The minimum atomic E-state index is -0.434. The summed E-state index contributed by atoms with van der Waals surface area (Å²) in [6.45, 7) is 11.5. The summed E-state index contributed by atoms with van der Waals surface area (Å²) in [5.74, 6) is 0. The Hall–Kier alpha value is -0.900. The quantitative estimate of drug-likeness (QED) is 0.909. The topological polar surface area (TPSA) is 32.7 Å². The molecule has 1 atom stereocenters. The van der Waals surface area contributed by atoms with E-state index in [1.165, 1.54) is 11.1 Å². The largest absolute Gasteiger partial charge is 0.387 e. The van der Waals surface area contributed by atoms with Gasteiger partial charge in [-0.15, -0.1) is 0 Å². The number of nitrogens with zero attached hydrogens (tertiary/aromatic N) is 1. The number of aliphatic hydroxyl groups excluding tert-OH is 1. The second-order valence-electron chi connectivity index (χ2n) is 6.25. The van der Waals surface area contributed by atoms with E-state index in [1.54, 1.807) is 0 Å². The van der Waals surface area contributed by atoms with Crippen LogP contribution in [-0.2, 0) is 4.74 Å². The number of hydrogen-bond donors (Lipinski definition) is 1. The first kappa shape index (κ1) is 14.5. The fourth-order valence-electron chi connectivity index (χ4n) is 2.75. The van der Waals surface area contributed by atoms with Crippen molar-refractivity contribution < 1.29 is 9.84 Å². The van der Waals surface area contributed by atoms with Crippen LogP contribution in [0.1, 0.15) is 36.6 Å². The highest BCUT2D eigenvalue weighted by molar-refractivity contribution is 5.30. The van der Waals surface area contributed by atoms with Gasteiger partial charge in [-0.3, -0.25) is 4.90 Å². The molecule has 0 bridgehead atoms. The second-order valence-corrected chi connectivity index (χ2v) is 6.25. The zero-order chi connectivity index (χ0) is 14.0. The zero-order valence-electron chi connectivity index (χ0n) is 12.4. The first-order chi connectivity index (χ1) is 8.88. The van der Waals surface area contributed by atoms with Crippen LogP contribution in [0.15, 0.2) is 18.2 Å². The van der Waals surface area contributed by atoms with Gasteiger partial charge in [0.1, 0.15) is 0 Å². The normalized spacial score (nSPS) is 21.3. The van der Waals surface area contributed by atoms with Gasteiger partial charge in [0.15, 0.2) is 0 Å². The fourth-order valence-corrected chi connectivity index (χ4v) is 2.75. The predicted octanol–water partition coefficient (Wildman–Crippen LogP) is 2.45. The smallest absolute Gasteiger partial charge is 0.0917 e. The lowest BCUT2D eigenvalue weighted by molar-refractivity contribution is -0.0667. The highest BCUT2D eigenvalue weighted by atomic mass is 16.5. The van der Waals surface area contributed by atoms with Crippen molar-refractivity contribution in [2.24, 2.45) is 0 Å². The average molecular weight is 263 g/mol. The van der Waals surface area contributed by atoms with E-state index in [4.69, 9.17) is 4.74 Å². The van der Waals surface area contributed by atoms with Crippen molar-refractivity contribution in [2.45, 2.75) is 39.3 Å². The van der Waals surface area contributed by atoms with Crippen LogP contribution in [0, 0.1) is 13.8 Å². The molecule has 106 valence electrons. The molecule has 0 aliphatic carbocycles. The maximum absolute atomic E-state index is 10.5. The average Bonchev–Trinajstić information content (AvgIpc) is 2.30. The van der Waals surface area contributed by atoms with Gasteiger partial charge in [-0.25, -0.2) is 0 Å². The van der Waals surface area contributed by atoms with Crippen molar-refractivity contribution in [3.8, 4) is 0 Å². The first-order valence-corrected chi connectivity index (χ1v) is 6.97. The molecule has 0 radical (unpaired) electrons. The molecule has 3 nitrogen and oxygen atoms in total. The molecule has 19 heavy (non-hydrogen) atoms. The van der Waals surface area contributed by atoms with Gasteiger partial charge in [-0.1, -0.05) is 29.3 Å². The van der Waals surface area contributed by atoms with Gasteiger partial charge in [0.25, 0.3) is 0 Å². The molecular formula is C16H25NO2. The number of aliphatic hydroxyl groups is 1. The van der Waals surface area contributed by atoms with Crippen LogP contribution >= 0.6 is 0 Å². The Bertz CT molecular complexity index is 422. The standard InChI is InChI=1S/C16H25NO2/c1-12-7-13(2)9-14(8-12)15(18)10-17-5-6-19-11-16(17,3)4/h7-9,15,18H,5-6,10-11H2,1-4H3. The Labute approximate surface area is 116 Å². The summed E-state index contributed by atoms with van der Waals surface area (Å²) >= 11 is 0. The van der Waals surface area contributed by atoms with E-state index in [-0.39, 0.29) is 5.54 Å². The van der Waals surface area contributed by atoms with Gasteiger partial charge in [0.05, 0.1) is 19.3 Å². The molecule has 1 unspecified atom stereocenters. The van der Waals surface area contributed by atoms with Gasteiger partial charge in [0.2, 0.25) is 0 Å². The lowest BCUT2D eigenvalue weighted by Gasteiger charge is -2.43. The Morgan fingerprint density at radius 2 is 1.89 bits per heavy atom. The summed E-state index contributed by atoms with van der Waals surface area (Å²) < 4.78 is 5.52. The summed E-state index contributed by atoms with van der Waals surface area (Å²) in [6.07, 6.45) is -0.434. The number of hydrogen-bond acceptors (Lipinski definition) is 3. The van der Waals surface area contributed by atoms with Crippen LogP contribution in [0.2, 0.25) is 0 Å². The maximum Gasteiger partial charge on any atom is 0.0917 e. The third kappa shape index (κ3) is 3.56. The van der Waals surface area contributed by atoms with Crippen molar-refractivity contribution in [2.75, 3.05) is 26.3 Å². The van der Waals surface area contributed by atoms with E-state index < -0.39 is 6.10 Å². The number of β-amino-alcohol motifs (C(OH)–C–C–N with tert-alkyl or cyclic N) is 1. The van der Waals surface area contributed by atoms with E-state index in [0.717, 1.165) is 25.3 Å². The van der Waals surface area contributed by atoms with Crippen molar-refractivity contribution in [3.05, 3.63) is 34.9 Å². The van der Waals surface area contributed by atoms with Crippen molar-refractivity contribution in [3.63, 3.8) is 0 Å². The van der Waals surface area contributed by atoms with Gasteiger partial charge in [0, 0.05) is 18.6 Å². The molecule has 1 N–H and O–H groups in total. The molecule has 2 rings (SSSR count). The summed E-state index contributed by atoms with van der Waals surface area (Å²) in [5.41, 5.74) is 3.42. The third-order valence-corrected chi connectivity index (χ3v) is 3.84. The lowest BCUT2D eigenvalue weighted by atomic mass is 9.99. The summed E-state index contributed by atoms with van der Waals surface area (Å²) in [6, 6.07) is 6.28. The molecule has 0 aromatic heterocycles. The third-order valence-electron chi connectivity index (χ3n) is 3.84. The Balaban J connectivity index is 2.09. The molecule has 0 amide bonds. The summed E-state index contributed by atoms with van der Waals surface area (Å²) in [5, 5.41) is 10.5. The Morgan fingerprint density at radius 1 is 1.26 bits per heavy atom. The monoisotopic (exact) mass is 263 g/mol. The van der Waals surface area contributed by atoms with Crippen LogP contribution in [0.5, 0.6) is 0 Å². The van der Waals surface area contributed by atoms with Crippen molar-refractivity contribution in [1.82, 2.24) is 4.90 Å². The molecule has 1 aliphatic rings. The summed E-state index contributed by atoms with van der Waals surface area (Å²) in [7, 11) is 0. The number of morpholine rings is 1. The number of rotatable bonds is 3. The summed E-state index contributed by atoms with van der Waals surface area (Å²) in [4.78, 5) is 2.32. The Morgan fingerprint density at radius 3 is 2.47 bits per heavy atom. The van der Waals surface area contributed by atoms with Crippen molar-refractivity contribution in [1.29, 1.82) is 0 Å². The van der Waals surface area contributed by atoms with E-state index in [2.05, 4.69) is 50.8 Å².